The number of rotatable bonds is 6. The first-order valence-electron chi connectivity index (χ1n) is 10.8. The number of hydrogen-bond acceptors (Lipinski definition) is 3. The third-order valence-electron chi connectivity index (χ3n) is 5.72. The molecule has 0 aliphatic heterocycles. The molecule has 4 rings (SSSR count). The van der Waals surface area contributed by atoms with Crippen LogP contribution in [0.5, 0.6) is 5.75 Å². The van der Waals surface area contributed by atoms with Gasteiger partial charge in [-0.2, -0.15) is 0 Å². The summed E-state index contributed by atoms with van der Waals surface area (Å²) in [5, 5.41) is 7.69. The molecular weight excluding hydrogens is 412 g/mol. The Bertz CT molecular complexity index is 1340. The Morgan fingerprint density at radius 3 is 2.12 bits per heavy atom. The molecule has 0 atom stereocenters. The zero-order chi connectivity index (χ0) is 23.4. The fraction of sp³-hybridized carbons (Fsp3) is 0.143. The maximum absolute atomic E-state index is 13.2. The predicted molar refractivity (Wildman–Crippen MR) is 133 cm³/mol. The summed E-state index contributed by atoms with van der Waals surface area (Å²) in [6.45, 7) is 5.68. The number of fused-ring (bicyclic) bond motifs is 1. The van der Waals surface area contributed by atoms with Crippen molar-refractivity contribution >= 4 is 34.0 Å². The van der Waals surface area contributed by atoms with Crippen LogP contribution in [-0.2, 0) is 4.79 Å². The molecule has 0 fully saturated rings. The molecule has 0 saturated carbocycles. The fourth-order valence-electron chi connectivity index (χ4n) is 3.64. The number of ether oxygens (including phenoxy) is 1. The number of amides is 2. The third kappa shape index (κ3) is 5.04. The van der Waals surface area contributed by atoms with Gasteiger partial charge in [0, 0.05) is 11.4 Å². The highest BCUT2D eigenvalue weighted by atomic mass is 16.5. The Balaban J connectivity index is 1.58. The molecular formula is C28H26N2O3. The smallest absolute Gasteiger partial charge is 0.262 e. The van der Waals surface area contributed by atoms with Gasteiger partial charge in [-0.1, -0.05) is 54.6 Å². The van der Waals surface area contributed by atoms with Gasteiger partial charge in [-0.05, 0) is 72.5 Å². The molecule has 166 valence electrons. The number of nitrogens with one attached hydrogen (secondary N) is 2. The van der Waals surface area contributed by atoms with Gasteiger partial charge in [0.1, 0.15) is 5.75 Å². The van der Waals surface area contributed by atoms with E-state index in [9.17, 15) is 9.59 Å². The van der Waals surface area contributed by atoms with Crippen molar-refractivity contribution in [2.45, 2.75) is 20.8 Å². The monoisotopic (exact) mass is 438 g/mol. The molecule has 0 aromatic heterocycles. The number of carbonyl (C=O) groups excluding carboxylic acids is 2. The van der Waals surface area contributed by atoms with Crippen LogP contribution in [0.1, 0.15) is 27.0 Å². The Hall–Kier alpha value is -4.12. The van der Waals surface area contributed by atoms with Gasteiger partial charge >= 0.3 is 0 Å². The van der Waals surface area contributed by atoms with Crippen molar-refractivity contribution in [2.24, 2.45) is 0 Å². The Morgan fingerprint density at radius 2 is 1.36 bits per heavy atom. The maximum Gasteiger partial charge on any atom is 0.262 e. The van der Waals surface area contributed by atoms with E-state index < -0.39 is 0 Å². The molecule has 0 unspecified atom stereocenters. The summed E-state index contributed by atoms with van der Waals surface area (Å²) in [6, 6.07) is 24.7. The zero-order valence-electron chi connectivity index (χ0n) is 18.9. The van der Waals surface area contributed by atoms with Gasteiger partial charge in [-0.15, -0.1) is 0 Å². The van der Waals surface area contributed by atoms with Gasteiger partial charge in [-0.3, -0.25) is 9.59 Å². The summed E-state index contributed by atoms with van der Waals surface area (Å²) in [5.74, 6) is -0.224. The maximum atomic E-state index is 13.2. The van der Waals surface area contributed by atoms with E-state index in [2.05, 4.69) is 10.6 Å². The Labute approximate surface area is 193 Å². The van der Waals surface area contributed by atoms with Crippen LogP contribution in [0.15, 0.2) is 78.9 Å². The van der Waals surface area contributed by atoms with Gasteiger partial charge in [0.25, 0.3) is 11.8 Å². The quantitative estimate of drug-likeness (QED) is 0.386. The van der Waals surface area contributed by atoms with Gasteiger partial charge in [0.15, 0.2) is 6.61 Å². The van der Waals surface area contributed by atoms with Crippen molar-refractivity contribution < 1.29 is 14.3 Å². The van der Waals surface area contributed by atoms with Crippen LogP contribution in [0, 0.1) is 20.8 Å². The topological polar surface area (TPSA) is 67.4 Å². The van der Waals surface area contributed by atoms with Crippen LogP contribution in [0.2, 0.25) is 0 Å². The first-order valence-corrected chi connectivity index (χ1v) is 10.8. The van der Waals surface area contributed by atoms with Crippen molar-refractivity contribution in [1.82, 2.24) is 0 Å². The van der Waals surface area contributed by atoms with Gasteiger partial charge < -0.3 is 15.4 Å². The SMILES string of the molecule is Cc1ccccc1NC(=O)c1cc2ccccc2cc1OCC(=O)Nc1cccc(C)c1C. The number of benzene rings is 4. The van der Waals surface area contributed by atoms with Gasteiger partial charge in [-0.25, -0.2) is 0 Å². The van der Waals surface area contributed by atoms with Crippen LogP contribution in [0.4, 0.5) is 11.4 Å². The normalized spacial score (nSPS) is 10.6. The number of aryl methyl sites for hydroxylation is 2. The van der Waals surface area contributed by atoms with E-state index >= 15 is 0 Å². The molecule has 0 spiro atoms. The fourth-order valence-corrected chi connectivity index (χ4v) is 3.64. The molecule has 2 N–H and O–H groups in total. The second-order valence-electron chi connectivity index (χ2n) is 8.05. The molecule has 0 aliphatic rings. The summed E-state index contributed by atoms with van der Waals surface area (Å²) in [5.41, 5.74) is 4.92. The lowest BCUT2D eigenvalue weighted by Crippen LogP contribution is -2.22. The first kappa shape index (κ1) is 22.1. The van der Waals surface area contributed by atoms with Crippen molar-refractivity contribution in [2.75, 3.05) is 17.2 Å². The van der Waals surface area contributed by atoms with Crippen LogP contribution < -0.4 is 15.4 Å². The van der Waals surface area contributed by atoms with Crippen LogP contribution in [0.25, 0.3) is 10.8 Å². The largest absolute Gasteiger partial charge is 0.483 e. The van der Waals surface area contributed by atoms with E-state index in [1.165, 1.54) is 0 Å². The number of para-hydroxylation sites is 1. The van der Waals surface area contributed by atoms with E-state index in [0.717, 1.165) is 38.8 Å². The molecule has 0 heterocycles. The third-order valence-corrected chi connectivity index (χ3v) is 5.72. The molecule has 5 nitrogen and oxygen atoms in total. The molecule has 5 heteroatoms. The molecule has 4 aromatic rings. The van der Waals surface area contributed by atoms with E-state index in [0.29, 0.717) is 11.3 Å². The summed E-state index contributed by atoms with van der Waals surface area (Å²) in [4.78, 5) is 25.8. The number of anilines is 2. The minimum atomic E-state index is -0.292. The standard InChI is InChI=1S/C28H26N2O3/c1-18-10-8-14-25(20(18)3)29-27(31)17-33-26-16-22-12-6-5-11-21(22)15-23(26)28(32)30-24-13-7-4-9-19(24)2/h4-16H,17H2,1-3H3,(H,29,31)(H,30,32). The minimum absolute atomic E-state index is 0.212. The average molecular weight is 439 g/mol. The highest BCUT2D eigenvalue weighted by molar-refractivity contribution is 6.09. The van der Waals surface area contributed by atoms with Gasteiger partial charge in [0.05, 0.1) is 5.56 Å². The highest BCUT2D eigenvalue weighted by Gasteiger charge is 2.17. The van der Waals surface area contributed by atoms with Crippen LogP contribution >= 0.6 is 0 Å². The number of hydrogen-bond donors (Lipinski definition) is 2. The molecule has 33 heavy (non-hydrogen) atoms. The van der Waals surface area contributed by atoms with Gasteiger partial charge in [0.2, 0.25) is 0 Å². The van der Waals surface area contributed by atoms with Crippen molar-refractivity contribution in [1.29, 1.82) is 0 Å². The van der Waals surface area contributed by atoms with Crippen LogP contribution in [-0.4, -0.2) is 18.4 Å². The van der Waals surface area contributed by atoms with Crippen molar-refractivity contribution in [3.63, 3.8) is 0 Å². The molecule has 0 saturated heterocycles. The minimum Gasteiger partial charge on any atom is -0.483 e. The van der Waals surface area contributed by atoms with E-state index in [-0.39, 0.29) is 18.4 Å². The van der Waals surface area contributed by atoms with Crippen molar-refractivity contribution in [3.8, 4) is 5.75 Å². The second kappa shape index (κ2) is 9.57. The molecule has 2 amide bonds. The Kier molecular flexibility index (Phi) is 6.41. The summed E-state index contributed by atoms with van der Waals surface area (Å²) in [7, 11) is 0. The molecule has 0 aliphatic carbocycles. The zero-order valence-corrected chi connectivity index (χ0v) is 18.9. The lowest BCUT2D eigenvalue weighted by atomic mass is 10.0. The molecule has 0 bridgehead atoms. The van der Waals surface area contributed by atoms with E-state index in [1.807, 2.05) is 87.5 Å². The van der Waals surface area contributed by atoms with E-state index in [1.54, 1.807) is 12.1 Å². The summed E-state index contributed by atoms with van der Waals surface area (Å²) in [6.07, 6.45) is 0. The molecule has 0 radical (unpaired) electrons. The van der Waals surface area contributed by atoms with Crippen LogP contribution in [0.3, 0.4) is 0 Å². The second-order valence-corrected chi connectivity index (χ2v) is 8.05. The molecule has 4 aromatic carbocycles. The Morgan fingerprint density at radius 1 is 0.727 bits per heavy atom. The lowest BCUT2D eigenvalue weighted by molar-refractivity contribution is -0.118. The highest BCUT2D eigenvalue weighted by Crippen LogP contribution is 2.28. The van der Waals surface area contributed by atoms with Crippen molar-refractivity contribution in [3.05, 3.63) is 101 Å². The number of carbonyl (C=O) groups is 2. The first-order chi connectivity index (χ1) is 15.9. The summed E-state index contributed by atoms with van der Waals surface area (Å²) < 4.78 is 5.87. The average Bonchev–Trinajstić information content (AvgIpc) is 2.81. The summed E-state index contributed by atoms with van der Waals surface area (Å²) >= 11 is 0. The lowest BCUT2D eigenvalue weighted by Gasteiger charge is -2.15. The predicted octanol–water partition coefficient (Wildman–Crippen LogP) is 6.03. The van der Waals surface area contributed by atoms with E-state index in [4.69, 9.17) is 4.74 Å².